The molecule has 21 heavy (non-hydrogen) atoms. The Hall–Kier alpha value is -1.58. The molecule has 1 aromatic carbocycles. The first-order valence-electron chi connectivity index (χ1n) is 7.89. The zero-order valence-electron chi connectivity index (χ0n) is 12.7. The highest BCUT2D eigenvalue weighted by atomic mass is 16.3. The molecular formula is C18H24N2O. The van der Waals surface area contributed by atoms with Gasteiger partial charge in [-0.25, -0.2) is 0 Å². The van der Waals surface area contributed by atoms with E-state index in [9.17, 15) is 0 Å². The zero-order chi connectivity index (χ0) is 14.7. The minimum absolute atomic E-state index is 0.207. The van der Waals surface area contributed by atoms with Crippen LogP contribution in [-0.2, 0) is 6.42 Å². The lowest BCUT2D eigenvalue weighted by molar-refractivity contribution is 0.215. The average molecular weight is 284 g/mol. The van der Waals surface area contributed by atoms with Crippen molar-refractivity contribution in [2.24, 2.45) is 5.73 Å². The van der Waals surface area contributed by atoms with Crippen LogP contribution in [0.5, 0.6) is 0 Å². The minimum atomic E-state index is 0.207. The maximum absolute atomic E-state index is 6.02. The second kappa shape index (κ2) is 6.46. The minimum Gasteiger partial charge on any atom is -0.464 e. The molecule has 0 aliphatic carbocycles. The Balaban J connectivity index is 1.71. The first-order valence-corrected chi connectivity index (χ1v) is 7.89. The number of benzene rings is 1. The molecule has 2 heterocycles. The maximum atomic E-state index is 6.02. The van der Waals surface area contributed by atoms with Crippen molar-refractivity contribution in [3.63, 3.8) is 0 Å². The van der Waals surface area contributed by atoms with Crippen molar-refractivity contribution in [2.45, 2.75) is 31.7 Å². The first-order chi connectivity index (χ1) is 10.3. The van der Waals surface area contributed by atoms with Gasteiger partial charge in [-0.1, -0.05) is 37.3 Å². The fraction of sp³-hybridized carbons (Fsp3) is 0.444. The molecule has 2 atom stereocenters. The molecule has 1 aliphatic rings. The summed E-state index contributed by atoms with van der Waals surface area (Å²) in [6.45, 7) is 4.87. The predicted molar refractivity (Wildman–Crippen MR) is 85.3 cm³/mol. The molecule has 1 aliphatic heterocycles. The van der Waals surface area contributed by atoms with Gasteiger partial charge in [-0.3, -0.25) is 4.90 Å². The van der Waals surface area contributed by atoms with Gasteiger partial charge < -0.3 is 10.2 Å². The second-order valence-corrected chi connectivity index (χ2v) is 5.80. The second-order valence-electron chi connectivity index (χ2n) is 5.80. The number of aryl methyl sites for hydroxylation is 1. The van der Waals surface area contributed by atoms with E-state index in [2.05, 4.69) is 54.3 Å². The number of likely N-dealkylation sites (tertiary alicyclic amines) is 1. The van der Waals surface area contributed by atoms with E-state index in [0.29, 0.717) is 12.5 Å². The maximum Gasteiger partial charge on any atom is 0.122 e. The molecule has 2 unspecified atom stereocenters. The normalized spacial score (nSPS) is 20.8. The van der Waals surface area contributed by atoms with E-state index >= 15 is 0 Å². The molecular weight excluding hydrogens is 260 g/mol. The molecule has 1 aromatic heterocycles. The van der Waals surface area contributed by atoms with Crippen molar-refractivity contribution in [3.8, 4) is 0 Å². The molecule has 1 saturated heterocycles. The molecule has 0 radical (unpaired) electrons. The molecule has 3 nitrogen and oxygen atoms in total. The highest BCUT2D eigenvalue weighted by molar-refractivity contribution is 5.22. The Kier molecular flexibility index (Phi) is 4.42. The third-order valence-corrected chi connectivity index (χ3v) is 4.51. The van der Waals surface area contributed by atoms with Crippen LogP contribution < -0.4 is 5.73 Å². The smallest absolute Gasteiger partial charge is 0.122 e. The Bertz CT molecular complexity index is 564. The fourth-order valence-electron chi connectivity index (χ4n) is 3.28. The highest BCUT2D eigenvalue weighted by Crippen LogP contribution is 2.33. The SMILES string of the molecule is CCc1ccc(C(CN)N2CCC(c3ccccc3)C2)o1. The van der Waals surface area contributed by atoms with E-state index in [0.717, 1.165) is 31.0 Å². The van der Waals surface area contributed by atoms with Crippen LogP contribution in [0.4, 0.5) is 0 Å². The Morgan fingerprint density at radius 1 is 1.24 bits per heavy atom. The van der Waals surface area contributed by atoms with Gasteiger partial charge in [0.15, 0.2) is 0 Å². The van der Waals surface area contributed by atoms with Crippen LogP contribution in [0.1, 0.15) is 42.4 Å². The number of hydrogen-bond donors (Lipinski definition) is 1. The molecule has 3 heteroatoms. The van der Waals surface area contributed by atoms with Crippen LogP contribution in [0.25, 0.3) is 0 Å². The first kappa shape index (κ1) is 14.4. The average Bonchev–Trinajstić information content (AvgIpc) is 3.19. The van der Waals surface area contributed by atoms with Crippen molar-refractivity contribution < 1.29 is 4.42 Å². The monoisotopic (exact) mass is 284 g/mol. The van der Waals surface area contributed by atoms with Gasteiger partial charge in [0.1, 0.15) is 11.5 Å². The van der Waals surface area contributed by atoms with Crippen LogP contribution in [0.3, 0.4) is 0 Å². The summed E-state index contributed by atoms with van der Waals surface area (Å²) in [4.78, 5) is 2.47. The highest BCUT2D eigenvalue weighted by Gasteiger charge is 2.30. The Morgan fingerprint density at radius 3 is 2.71 bits per heavy atom. The van der Waals surface area contributed by atoms with E-state index in [4.69, 9.17) is 10.2 Å². The molecule has 3 rings (SSSR count). The summed E-state index contributed by atoms with van der Waals surface area (Å²) in [7, 11) is 0. The lowest BCUT2D eigenvalue weighted by Gasteiger charge is -2.25. The zero-order valence-corrected chi connectivity index (χ0v) is 12.7. The lowest BCUT2D eigenvalue weighted by Crippen LogP contribution is -2.31. The van der Waals surface area contributed by atoms with Gasteiger partial charge in [0, 0.05) is 19.5 Å². The van der Waals surface area contributed by atoms with Crippen molar-refractivity contribution in [3.05, 3.63) is 59.5 Å². The fourth-order valence-corrected chi connectivity index (χ4v) is 3.28. The van der Waals surface area contributed by atoms with E-state index in [-0.39, 0.29) is 6.04 Å². The Morgan fingerprint density at radius 2 is 2.05 bits per heavy atom. The number of furan rings is 1. The van der Waals surface area contributed by atoms with E-state index < -0.39 is 0 Å². The summed E-state index contributed by atoms with van der Waals surface area (Å²) in [5, 5.41) is 0. The lowest BCUT2D eigenvalue weighted by atomic mass is 9.99. The molecule has 0 spiro atoms. The van der Waals surface area contributed by atoms with Gasteiger partial charge in [-0.05, 0) is 36.6 Å². The summed E-state index contributed by atoms with van der Waals surface area (Å²) in [6, 6.07) is 15.2. The van der Waals surface area contributed by atoms with Gasteiger partial charge >= 0.3 is 0 Å². The standard InChI is InChI=1S/C18H24N2O/c1-2-16-8-9-18(21-16)17(12-19)20-11-10-15(13-20)14-6-4-3-5-7-14/h3-9,15,17H,2,10-13,19H2,1H3. The number of hydrogen-bond acceptors (Lipinski definition) is 3. The molecule has 0 amide bonds. The van der Waals surface area contributed by atoms with Crippen LogP contribution in [-0.4, -0.2) is 24.5 Å². The van der Waals surface area contributed by atoms with Crippen molar-refractivity contribution in [2.75, 3.05) is 19.6 Å². The van der Waals surface area contributed by atoms with Gasteiger partial charge in [-0.15, -0.1) is 0 Å². The third-order valence-electron chi connectivity index (χ3n) is 4.51. The molecule has 0 bridgehead atoms. The largest absolute Gasteiger partial charge is 0.464 e. The number of nitrogens with two attached hydrogens (primary N) is 1. The topological polar surface area (TPSA) is 42.4 Å². The van der Waals surface area contributed by atoms with Crippen LogP contribution in [0.15, 0.2) is 46.9 Å². The molecule has 2 N–H and O–H groups in total. The van der Waals surface area contributed by atoms with Crippen molar-refractivity contribution in [1.82, 2.24) is 4.90 Å². The van der Waals surface area contributed by atoms with Crippen LogP contribution in [0, 0.1) is 0 Å². The third kappa shape index (κ3) is 3.04. The summed E-state index contributed by atoms with van der Waals surface area (Å²) in [5.74, 6) is 2.67. The summed E-state index contributed by atoms with van der Waals surface area (Å²) < 4.78 is 5.92. The number of nitrogens with zero attached hydrogens (tertiary/aromatic N) is 1. The molecule has 1 fully saturated rings. The summed E-state index contributed by atoms with van der Waals surface area (Å²) in [5.41, 5.74) is 7.45. The number of rotatable bonds is 5. The van der Waals surface area contributed by atoms with Gasteiger partial charge in [0.25, 0.3) is 0 Å². The van der Waals surface area contributed by atoms with Gasteiger partial charge in [0.05, 0.1) is 6.04 Å². The van der Waals surface area contributed by atoms with Crippen molar-refractivity contribution >= 4 is 0 Å². The van der Waals surface area contributed by atoms with Crippen molar-refractivity contribution in [1.29, 1.82) is 0 Å². The predicted octanol–water partition coefficient (Wildman–Crippen LogP) is 3.33. The van der Waals surface area contributed by atoms with Crippen LogP contribution in [0.2, 0.25) is 0 Å². The van der Waals surface area contributed by atoms with E-state index in [1.807, 2.05) is 0 Å². The van der Waals surface area contributed by atoms with Gasteiger partial charge in [-0.2, -0.15) is 0 Å². The molecule has 2 aromatic rings. The quantitative estimate of drug-likeness (QED) is 0.915. The molecule has 112 valence electrons. The molecule has 0 saturated carbocycles. The summed E-state index contributed by atoms with van der Waals surface area (Å²) >= 11 is 0. The van der Waals surface area contributed by atoms with Gasteiger partial charge in [0.2, 0.25) is 0 Å². The van der Waals surface area contributed by atoms with E-state index in [1.165, 1.54) is 12.0 Å². The van der Waals surface area contributed by atoms with E-state index in [1.54, 1.807) is 0 Å². The Labute approximate surface area is 126 Å². The van der Waals surface area contributed by atoms with Crippen LogP contribution >= 0.6 is 0 Å². The summed E-state index contributed by atoms with van der Waals surface area (Å²) in [6.07, 6.45) is 2.13.